The summed E-state index contributed by atoms with van der Waals surface area (Å²) in [5.74, 6) is -0.279. The van der Waals surface area contributed by atoms with Crippen molar-refractivity contribution in [3.8, 4) is 5.75 Å². The summed E-state index contributed by atoms with van der Waals surface area (Å²) in [4.78, 5) is 28.4. The number of rotatable bonds is 12. The lowest BCUT2D eigenvalue weighted by Crippen LogP contribution is -2.52. The first-order valence-corrected chi connectivity index (χ1v) is 14.4. The summed E-state index contributed by atoms with van der Waals surface area (Å²) in [6.45, 7) is 7.16. The van der Waals surface area contributed by atoms with Gasteiger partial charge in [0.2, 0.25) is 11.8 Å². The minimum atomic E-state index is -4.13. The molecule has 39 heavy (non-hydrogen) atoms. The van der Waals surface area contributed by atoms with E-state index < -0.39 is 28.5 Å². The summed E-state index contributed by atoms with van der Waals surface area (Å²) < 4.78 is 33.9. The number of sulfonamides is 1. The van der Waals surface area contributed by atoms with Gasteiger partial charge >= 0.3 is 0 Å². The zero-order chi connectivity index (χ0) is 28.6. The Kier molecular flexibility index (Phi) is 10.1. The molecule has 2 amide bonds. The van der Waals surface area contributed by atoms with Gasteiger partial charge in [0.15, 0.2) is 0 Å². The van der Waals surface area contributed by atoms with Gasteiger partial charge in [0.25, 0.3) is 10.0 Å². The van der Waals surface area contributed by atoms with Crippen LogP contribution >= 0.6 is 0 Å². The first kappa shape index (κ1) is 29.7. The van der Waals surface area contributed by atoms with Crippen LogP contribution in [0.2, 0.25) is 0 Å². The van der Waals surface area contributed by atoms with E-state index in [9.17, 15) is 18.0 Å². The average Bonchev–Trinajstić information content (AvgIpc) is 2.95. The van der Waals surface area contributed by atoms with Crippen LogP contribution < -0.4 is 14.4 Å². The molecule has 1 N–H and O–H groups in total. The second kappa shape index (κ2) is 13.3. The van der Waals surface area contributed by atoms with E-state index in [0.717, 1.165) is 21.9 Å². The maximum atomic E-state index is 13.9. The zero-order valence-corrected chi connectivity index (χ0v) is 23.9. The van der Waals surface area contributed by atoms with Gasteiger partial charge in [-0.15, -0.1) is 0 Å². The van der Waals surface area contributed by atoms with Gasteiger partial charge in [-0.3, -0.25) is 13.9 Å². The number of methoxy groups -OCH3 is 1. The van der Waals surface area contributed by atoms with E-state index >= 15 is 0 Å². The molecule has 0 spiro atoms. The van der Waals surface area contributed by atoms with Crippen molar-refractivity contribution in [3.05, 3.63) is 90.0 Å². The number of anilines is 1. The molecular formula is C30H37N3O5S. The number of carbonyl (C=O) groups is 2. The van der Waals surface area contributed by atoms with Crippen LogP contribution in [0.25, 0.3) is 0 Å². The molecule has 3 aromatic rings. The fourth-order valence-electron chi connectivity index (χ4n) is 3.94. The quantitative estimate of drug-likeness (QED) is 0.357. The first-order chi connectivity index (χ1) is 18.6. The minimum absolute atomic E-state index is 0.0209. The second-order valence-corrected chi connectivity index (χ2v) is 11.4. The molecule has 0 aliphatic carbocycles. The third-order valence-corrected chi connectivity index (χ3v) is 8.40. The molecule has 2 atom stereocenters. The summed E-state index contributed by atoms with van der Waals surface area (Å²) in [7, 11) is -2.63. The summed E-state index contributed by atoms with van der Waals surface area (Å²) in [5, 5.41) is 2.93. The molecule has 0 radical (unpaired) electrons. The highest BCUT2D eigenvalue weighted by Gasteiger charge is 2.32. The van der Waals surface area contributed by atoms with Crippen molar-refractivity contribution in [2.45, 2.75) is 57.6 Å². The minimum Gasteiger partial charge on any atom is -0.497 e. The molecule has 0 saturated heterocycles. The molecular weight excluding hydrogens is 514 g/mol. The highest BCUT2D eigenvalue weighted by molar-refractivity contribution is 7.92. The molecule has 9 heteroatoms. The van der Waals surface area contributed by atoms with Crippen molar-refractivity contribution in [2.75, 3.05) is 18.0 Å². The molecule has 8 nitrogen and oxygen atoms in total. The van der Waals surface area contributed by atoms with Crippen LogP contribution in [0.15, 0.2) is 83.8 Å². The molecule has 0 saturated carbocycles. The summed E-state index contributed by atoms with van der Waals surface area (Å²) >= 11 is 0. The smallest absolute Gasteiger partial charge is 0.264 e. The lowest BCUT2D eigenvalue weighted by Gasteiger charge is -2.32. The number of amides is 2. The van der Waals surface area contributed by atoms with E-state index in [0.29, 0.717) is 11.4 Å². The Labute approximate surface area is 231 Å². The molecule has 0 heterocycles. The van der Waals surface area contributed by atoms with E-state index in [2.05, 4.69) is 5.32 Å². The number of hydrogen-bond acceptors (Lipinski definition) is 5. The molecule has 0 fully saturated rings. The summed E-state index contributed by atoms with van der Waals surface area (Å²) in [6, 6.07) is 21.3. The Morgan fingerprint density at radius 2 is 1.54 bits per heavy atom. The van der Waals surface area contributed by atoms with Crippen LogP contribution in [-0.4, -0.2) is 50.9 Å². The lowest BCUT2D eigenvalue weighted by atomic mass is 10.1. The zero-order valence-electron chi connectivity index (χ0n) is 23.1. The molecule has 0 unspecified atom stereocenters. The first-order valence-electron chi connectivity index (χ1n) is 12.9. The monoisotopic (exact) mass is 551 g/mol. The number of hydrogen-bond donors (Lipinski definition) is 1. The highest BCUT2D eigenvalue weighted by atomic mass is 32.2. The molecule has 0 aromatic heterocycles. The molecule has 0 bridgehead atoms. The standard InChI is InChI=1S/C30H37N3O5S/c1-6-23(3)31-30(35)24(4)32(20-25-14-12-22(2)13-15-25)29(34)21-33(26-10-8-7-9-11-26)39(36,37)28-18-16-27(38-5)17-19-28/h7-19,23-24H,6,20-21H2,1-5H3,(H,31,35)/t23-,24-/m1/s1. The SMILES string of the molecule is CC[C@@H](C)NC(=O)[C@@H](C)N(Cc1ccc(C)cc1)C(=O)CN(c1ccccc1)S(=O)(=O)c1ccc(OC)cc1. The summed E-state index contributed by atoms with van der Waals surface area (Å²) in [5.41, 5.74) is 2.25. The molecule has 3 rings (SSSR count). The Morgan fingerprint density at radius 3 is 2.10 bits per heavy atom. The average molecular weight is 552 g/mol. The van der Waals surface area contributed by atoms with Gasteiger partial charge < -0.3 is 15.0 Å². The Morgan fingerprint density at radius 1 is 0.923 bits per heavy atom. The number of para-hydroxylation sites is 1. The van der Waals surface area contributed by atoms with E-state index in [1.54, 1.807) is 49.4 Å². The highest BCUT2D eigenvalue weighted by Crippen LogP contribution is 2.26. The number of carbonyl (C=O) groups excluding carboxylic acids is 2. The van der Waals surface area contributed by atoms with Crippen LogP contribution in [0.4, 0.5) is 5.69 Å². The van der Waals surface area contributed by atoms with Crippen LogP contribution in [-0.2, 0) is 26.2 Å². The van der Waals surface area contributed by atoms with E-state index in [-0.39, 0.29) is 23.4 Å². The largest absolute Gasteiger partial charge is 0.497 e. The van der Waals surface area contributed by atoms with Gasteiger partial charge in [-0.2, -0.15) is 0 Å². The van der Waals surface area contributed by atoms with Crippen molar-refractivity contribution in [2.24, 2.45) is 0 Å². The molecule has 3 aromatic carbocycles. The van der Waals surface area contributed by atoms with Crippen LogP contribution in [0.1, 0.15) is 38.3 Å². The number of ether oxygens (including phenoxy) is 1. The topological polar surface area (TPSA) is 96.0 Å². The third-order valence-electron chi connectivity index (χ3n) is 6.61. The van der Waals surface area contributed by atoms with E-state index in [1.165, 1.54) is 24.1 Å². The maximum Gasteiger partial charge on any atom is 0.264 e. The molecule has 208 valence electrons. The van der Waals surface area contributed by atoms with Crippen molar-refractivity contribution in [1.82, 2.24) is 10.2 Å². The van der Waals surface area contributed by atoms with Crippen LogP contribution in [0, 0.1) is 6.92 Å². The second-order valence-electron chi connectivity index (χ2n) is 9.52. The molecule has 0 aliphatic heterocycles. The Balaban J connectivity index is 1.99. The predicted molar refractivity (Wildman–Crippen MR) is 153 cm³/mol. The Hall–Kier alpha value is -3.85. The van der Waals surface area contributed by atoms with Crippen molar-refractivity contribution < 1.29 is 22.7 Å². The third kappa shape index (κ3) is 7.60. The van der Waals surface area contributed by atoms with Gasteiger partial charge in [0.05, 0.1) is 17.7 Å². The Bertz CT molecular complexity index is 1340. The maximum absolute atomic E-state index is 13.9. The molecule has 0 aliphatic rings. The van der Waals surface area contributed by atoms with Crippen molar-refractivity contribution in [3.63, 3.8) is 0 Å². The van der Waals surface area contributed by atoms with Crippen LogP contribution in [0.5, 0.6) is 5.75 Å². The lowest BCUT2D eigenvalue weighted by molar-refractivity contribution is -0.139. The van der Waals surface area contributed by atoms with Crippen molar-refractivity contribution >= 4 is 27.5 Å². The van der Waals surface area contributed by atoms with Gasteiger partial charge in [0, 0.05) is 12.6 Å². The number of benzene rings is 3. The number of aryl methyl sites for hydroxylation is 1. The predicted octanol–water partition coefficient (Wildman–Crippen LogP) is 4.53. The fraction of sp³-hybridized carbons (Fsp3) is 0.333. The normalized spacial score (nSPS) is 12.7. The van der Waals surface area contributed by atoms with E-state index in [1.807, 2.05) is 45.0 Å². The van der Waals surface area contributed by atoms with Crippen molar-refractivity contribution in [1.29, 1.82) is 0 Å². The van der Waals surface area contributed by atoms with Gasteiger partial charge in [0.1, 0.15) is 18.3 Å². The van der Waals surface area contributed by atoms with E-state index in [4.69, 9.17) is 4.74 Å². The number of nitrogens with zero attached hydrogens (tertiary/aromatic N) is 2. The number of nitrogens with one attached hydrogen (secondary N) is 1. The summed E-state index contributed by atoms with van der Waals surface area (Å²) in [6.07, 6.45) is 0.742. The van der Waals surface area contributed by atoms with Gasteiger partial charge in [-0.05, 0) is 69.2 Å². The van der Waals surface area contributed by atoms with Gasteiger partial charge in [-0.1, -0.05) is 55.0 Å². The van der Waals surface area contributed by atoms with Gasteiger partial charge in [-0.25, -0.2) is 8.42 Å². The van der Waals surface area contributed by atoms with Crippen LogP contribution in [0.3, 0.4) is 0 Å². The fourth-order valence-corrected chi connectivity index (χ4v) is 5.35.